The normalized spacial score (nSPS) is 11.0. The van der Waals surface area contributed by atoms with Crippen LogP contribution in [0.4, 0.5) is 5.69 Å². The first kappa shape index (κ1) is 17.7. The average molecular weight is 376 g/mol. The van der Waals surface area contributed by atoms with E-state index in [2.05, 4.69) is 15.5 Å². The van der Waals surface area contributed by atoms with E-state index in [1.807, 2.05) is 42.6 Å². The quantitative estimate of drug-likeness (QED) is 0.536. The molecule has 0 spiro atoms. The zero-order valence-corrected chi connectivity index (χ0v) is 15.2. The smallest absolute Gasteiger partial charge is 0.326 e. The third-order valence-electron chi connectivity index (χ3n) is 4.38. The Labute approximate surface area is 161 Å². The summed E-state index contributed by atoms with van der Waals surface area (Å²) in [6, 6.07) is 14.7. The van der Waals surface area contributed by atoms with Crippen LogP contribution in [0.5, 0.6) is 0 Å². The summed E-state index contributed by atoms with van der Waals surface area (Å²) in [6.45, 7) is 1.04. The van der Waals surface area contributed by atoms with Crippen molar-refractivity contribution in [3.8, 4) is 0 Å². The number of anilines is 1. The lowest BCUT2D eigenvalue weighted by Crippen LogP contribution is -2.21. The molecule has 8 heteroatoms. The van der Waals surface area contributed by atoms with Crippen molar-refractivity contribution in [1.29, 1.82) is 0 Å². The first-order valence-electron chi connectivity index (χ1n) is 9.09. The molecule has 3 heterocycles. The highest BCUT2D eigenvalue weighted by Gasteiger charge is 2.08. The summed E-state index contributed by atoms with van der Waals surface area (Å²) in [4.78, 5) is 24.6. The zero-order chi connectivity index (χ0) is 19.3. The number of nitrogens with zero attached hydrogens (tertiary/aromatic N) is 5. The zero-order valence-electron chi connectivity index (χ0n) is 15.2. The number of aryl methyl sites for hydroxylation is 1. The third-order valence-corrected chi connectivity index (χ3v) is 4.38. The number of rotatable bonds is 7. The van der Waals surface area contributed by atoms with Gasteiger partial charge in [-0.25, -0.2) is 9.48 Å². The lowest BCUT2D eigenvalue weighted by molar-refractivity contribution is -0.116. The largest absolute Gasteiger partial charge is 0.350 e. The van der Waals surface area contributed by atoms with Crippen molar-refractivity contribution >= 4 is 17.2 Å². The predicted molar refractivity (Wildman–Crippen MR) is 105 cm³/mol. The van der Waals surface area contributed by atoms with Crippen LogP contribution in [-0.4, -0.2) is 29.9 Å². The van der Waals surface area contributed by atoms with E-state index in [1.165, 1.54) is 9.08 Å². The van der Waals surface area contributed by atoms with Crippen LogP contribution in [0.2, 0.25) is 0 Å². The molecule has 0 bridgehead atoms. The van der Waals surface area contributed by atoms with E-state index in [1.54, 1.807) is 29.2 Å². The van der Waals surface area contributed by atoms with Gasteiger partial charge in [0.1, 0.15) is 0 Å². The number of carbonyl (C=O) groups excluding carboxylic acids is 1. The van der Waals surface area contributed by atoms with Crippen LogP contribution in [0.15, 0.2) is 71.9 Å². The first-order valence-corrected chi connectivity index (χ1v) is 9.09. The van der Waals surface area contributed by atoms with Crippen molar-refractivity contribution in [3.05, 3.63) is 83.2 Å². The number of nitrogens with one attached hydrogen (secondary N) is 1. The maximum Gasteiger partial charge on any atom is 0.350 e. The molecule has 1 aromatic carbocycles. The van der Waals surface area contributed by atoms with Gasteiger partial charge in [0.2, 0.25) is 5.91 Å². The second kappa shape index (κ2) is 7.91. The van der Waals surface area contributed by atoms with Gasteiger partial charge in [-0.3, -0.25) is 13.9 Å². The van der Waals surface area contributed by atoms with E-state index >= 15 is 0 Å². The van der Waals surface area contributed by atoms with Crippen LogP contribution in [0.3, 0.4) is 0 Å². The summed E-state index contributed by atoms with van der Waals surface area (Å²) in [6.07, 6.45) is 6.42. The molecular formula is C20H20N6O2. The maximum absolute atomic E-state index is 12.4. The summed E-state index contributed by atoms with van der Waals surface area (Å²) in [5.41, 5.74) is 2.01. The highest BCUT2D eigenvalue weighted by molar-refractivity contribution is 5.90. The summed E-state index contributed by atoms with van der Waals surface area (Å²) in [7, 11) is 0. The van der Waals surface area contributed by atoms with E-state index in [-0.39, 0.29) is 11.6 Å². The molecule has 4 rings (SSSR count). The van der Waals surface area contributed by atoms with Gasteiger partial charge in [0.15, 0.2) is 5.65 Å². The number of benzene rings is 1. The Morgan fingerprint density at radius 2 is 2.00 bits per heavy atom. The molecule has 0 saturated heterocycles. The first-order chi connectivity index (χ1) is 13.7. The van der Waals surface area contributed by atoms with E-state index in [0.717, 1.165) is 5.56 Å². The number of hydrogen-bond acceptors (Lipinski definition) is 4. The molecule has 0 aliphatic rings. The fourth-order valence-corrected chi connectivity index (χ4v) is 3.05. The number of hydrogen-bond donors (Lipinski definition) is 1. The molecule has 0 aliphatic heterocycles. The molecule has 3 aromatic heterocycles. The minimum Gasteiger partial charge on any atom is -0.326 e. The van der Waals surface area contributed by atoms with Gasteiger partial charge in [0.05, 0.1) is 6.54 Å². The van der Waals surface area contributed by atoms with Crippen LogP contribution in [0, 0.1) is 0 Å². The van der Waals surface area contributed by atoms with Crippen LogP contribution in [-0.2, 0) is 17.9 Å². The monoisotopic (exact) mass is 376 g/mol. The Hall–Kier alpha value is -3.68. The number of fused-ring (bicyclic) bond motifs is 1. The Morgan fingerprint density at radius 3 is 2.82 bits per heavy atom. The molecule has 28 heavy (non-hydrogen) atoms. The SMILES string of the molecule is O=C(CCCn1cccn1)Nc1cccc(Cn2nc3ccccn3c2=O)c1. The van der Waals surface area contributed by atoms with E-state index in [9.17, 15) is 9.59 Å². The topological polar surface area (TPSA) is 86.2 Å². The number of aromatic nitrogens is 5. The van der Waals surface area contributed by atoms with Gasteiger partial charge in [0.25, 0.3) is 0 Å². The number of pyridine rings is 1. The molecule has 0 atom stereocenters. The highest BCUT2D eigenvalue weighted by Crippen LogP contribution is 2.12. The second-order valence-corrected chi connectivity index (χ2v) is 6.49. The van der Waals surface area contributed by atoms with Crippen LogP contribution in [0.1, 0.15) is 18.4 Å². The Balaban J connectivity index is 1.39. The molecule has 1 N–H and O–H groups in total. The lowest BCUT2D eigenvalue weighted by Gasteiger charge is -2.07. The lowest BCUT2D eigenvalue weighted by atomic mass is 10.2. The van der Waals surface area contributed by atoms with Gasteiger partial charge in [-0.05, 0) is 42.3 Å². The second-order valence-electron chi connectivity index (χ2n) is 6.49. The molecular weight excluding hydrogens is 356 g/mol. The molecule has 8 nitrogen and oxygen atoms in total. The maximum atomic E-state index is 12.4. The van der Waals surface area contributed by atoms with Gasteiger partial charge >= 0.3 is 5.69 Å². The minimum atomic E-state index is -0.191. The summed E-state index contributed by atoms with van der Waals surface area (Å²) < 4.78 is 4.73. The molecule has 4 aromatic rings. The Morgan fingerprint density at radius 1 is 1.07 bits per heavy atom. The predicted octanol–water partition coefficient (Wildman–Crippen LogP) is 2.16. The number of carbonyl (C=O) groups is 1. The van der Waals surface area contributed by atoms with Crippen molar-refractivity contribution in [2.75, 3.05) is 5.32 Å². The van der Waals surface area contributed by atoms with Crippen LogP contribution >= 0.6 is 0 Å². The van der Waals surface area contributed by atoms with Gasteiger partial charge in [-0.15, -0.1) is 5.10 Å². The number of amides is 1. The van der Waals surface area contributed by atoms with Crippen molar-refractivity contribution in [2.45, 2.75) is 25.9 Å². The molecule has 0 fully saturated rings. The average Bonchev–Trinajstić information content (AvgIpc) is 3.31. The van der Waals surface area contributed by atoms with E-state index in [4.69, 9.17) is 0 Å². The summed E-state index contributed by atoms with van der Waals surface area (Å²) in [5, 5.41) is 11.4. The molecule has 0 radical (unpaired) electrons. The fourth-order valence-electron chi connectivity index (χ4n) is 3.05. The fraction of sp³-hybridized carbons (Fsp3) is 0.200. The molecule has 142 valence electrons. The van der Waals surface area contributed by atoms with Crippen LogP contribution < -0.4 is 11.0 Å². The van der Waals surface area contributed by atoms with E-state index in [0.29, 0.717) is 37.3 Å². The van der Waals surface area contributed by atoms with Crippen molar-refractivity contribution in [1.82, 2.24) is 24.0 Å². The molecule has 1 amide bonds. The van der Waals surface area contributed by atoms with Crippen molar-refractivity contribution in [2.24, 2.45) is 0 Å². The van der Waals surface area contributed by atoms with Gasteiger partial charge in [-0.1, -0.05) is 18.2 Å². The molecule has 0 saturated carbocycles. The minimum absolute atomic E-state index is 0.0470. The highest BCUT2D eigenvalue weighted by atomic mass is 16.2. The van der Waals surface area contributed by atoms with Crippen molar-refractivity contribution < 1.29 is 4.79 Å². The van der Waals surface area contributed by atoms with Gasteiger partial charge < -0.3 is 5.32 Å². The van der Waals surface area contributed by atoms with Crippen molar-refractivity contribution in [3.63, 3.8) is 0 Å². The molecule has 0 unspecified atom stereocenters. The summed E-state index contributed by atoms with van der Waals surface area (Å²) in [5.74, 6) is -0.0470. The van der Waals surface area contributed by atoms with Gasteiger partial charge in [-0.2, -0.15) is 5.10 Å². The standard InChI is InChI=1S/C20H20N6O2/c27-19(9-4-11-24-12-5-10-21-24)22-17-7-3-6-16(14-17)15-26-20(28)25-13-2-1-8-18(25)23-26/h1-3,5-8,10,12-14H,4,9,11,15H2,(H,22,27). The Kier molecular flexibility index (Phi) is 5.01. The van der Waals surface area contributed by atoms with Crippen LogP contribution in [0.25, 0.3) is 5.65 Å². The Bertz CT molecular complexity index is 1140. The summed E-state index contributed by atoms with van der Waals surface area (Å²) >= 11 is 0. The van der Waals surface area contributed by atoms with E-state index < -0.39 is 0 Å². The third kappa shape index (κ3) is 4.01. The molecule has 0 aliphatic carbocycles. The van der Waals surface area contributed by atoms with Gasteiger partial charge in [0, 0.05) is 37.2 Å².